The van der Waals surface area contributed by atoms with Crippen molar-refractivity contribution in [2.24, 2.45) is 23.7 Å². The number of fused-ring (bicyclic) bond motifs is 4. The van der Waals surface area contributed by atoms with E-state index in [2.05, 4.69) is 0 Å². The summed E-state index contributed by atoms with van der Waals surface area (Å²) in [6.07, 6.45) is 10.4. The van der Waals surface area contributed by atoms with Crippen LogP contribution in [-0.2, 0) is 0 Å². The highest BCUT2D eigenvalue weighted by molar-refractivity contribution is 4.90. The molecule has 4 rings (SSSR count). The summed E-state index contributed by atoms with van der Waals surface area (Å²) >= 11 is 0. The average molecular weight is 224 g/mol. The molecule has 92 valence electrons. The predicted octanol–water partition coefficient (Wildman–Crippen LogP) is 2.33. The zero-order valence-electron chi connectivity index (χ0n) is 10.0. The van der Waals surface area contributed by atoms with Gasteiger partial charge in [0, 0.05) is 0 Å². The molecule has 0 amide bonds. The highest BCUT2D eigenvalue weighted by atomic mass is 16.3. The molecule has 4 saturated carbocycles. The SMILES string of the molecule is O[C@@H]1C[C@@H]2CC[C@H]1C2.O[C@H]1C[C@H]2CC[C@@H]1C2. The van der Waals surface area contributed by atoms with Crippen molar-refractivity contribution in [3.8, 4) is 0 Å². The zero-order valence-corrected chi connectivity index (χ0v) is 10.0. The first-order chi connectivity index (χ1) is 7.72. The fraction of sp³-hybridized carbons (Fsp3) is 1.00. The van der Waals surface area contributed by atoms with Crippen LogP contribution in [0.1, 0.15) is 51.4 Å². The van der Waals surface area contributed by atoms with Crippen molar-refractivity contribution < 1.29 is 10.2 Å². The second-order valence-electron chi connectivity index (χ2n) is 6.48. The molecule has 0 aliphatic heterocycles. The van der Waals surface area contributed by atoms with Gasteiger partial charge in [0.05, 0.1) is 12.2 Å². The first-order valence-electron chi connectivity index (χ1n) is 7.08. The third-order valence-electron chi connectivity index (χ3n) is 5.40. The average Bonchev–Trinajstić information content (AvgIpc) is 2.94. The summed E-state index contributed by atoms with van der Waals surface area (Å²) in [6.45, 7) is 0. The minimum Gasteiger partial charge on any atom is -0.393 e. The number of rotatable bonds is 0. The topological polar surface area (TPSA) is 40.5 Å². The molecule has 16 heavy (non-hydrogen) atoms. The first-order valence-corrected chi connectivity index (χ1v) is 7.08. The van der Waals surface area contributed by atoms with E-state index in [1.54, 1.807) is 0 Å². The maximum atomic E-state index is 9.22. The van der Waals surface area contributed by atoms with Crippen LogP contribution in [0.4, 0.5) is 0 Å². The monoisotopic (exact) mass is 224 g/mol. The van der Waals surface area contributed by atoms with Gasteiger partial charge in [-0.3, -0.25) is 0 Å². The Kier molecular flexibility index (Phi) is 2.97. The van der Waals surface area contributed by atoms with Crippen LogP contribution in [0.25, 0.3) is 0 Å². The number of hydrogen-bond donors (Lipinski definition) is 2. The van der Waals surface area contributed by atoms with Crippen LogP contribution in [0, 0.1) is 23.7 Å². The molecule has 0 saturated heterocycles. The molecule has 2 N–H and O–H groups in total. The van der Waals surface area contributed by atoms with Crippen LogP contribution in [0.15, 0.2) is 0 Å². The summed E-state index contributed by atoms with van der Waals surface area (Å²) in [4.78, 5) is 0. The molecule has 2 heteroatoms. The lowest BCUT2D eigenvalue weighted by Gasteiger charge is -2.14. The maximum Gasteiger partial charge on any atom is 0.0571 e. The molecule has 0 spiro atoms. The normalized spacial score (nSPS) is 52.9. The van der Waals surface area contributed by atoms with Gasteiger partial charge in [-0.05, 0) is 75.0 Å². The van der Waals surface area contributed by atoms with Gasteiger partial charge in [-0.2, -0.15) is 0 Å². The Labute approximate surface area is 98.1 Å². The van der Waals surface area contributed by atoms with E-state index in [-0.39, 0.29) is 12.2 Å². The Hall–Kier alpha value is -0.0800. The third-order valence-corrected chi connectivity index (χ3v) is 5.40. The van der Waals surface area contributed by atoms with E-state index in [0.29, 0.717) is 11.8 Å². The molecular formula is C14H24O2. The number of aliphatic hydroxyl groups is 2. The van der Waals surface area contributed by atoms with Crippen LogP contribution in [0.5, 0.6) is 0 Å². The van der Waals surface area contributed by atoms with E-state index < -0.39 is 0 Å². The summed E-state index contributed by atoms with van der Waals surface area (Å²) in [6, 6.07) is 0. The summed E-state index contributed by atoms with van der Waals surface area (Å²) in [7, 11) is 0. The van der Waals surface area contributed by atoms with Crippen molar-refractivity contribution >= 4 is 0 Å². The highest BCUT2D eigenvalue weighted by Crippen LogP contribution is 2.44. The summed E-state index contributed by atoms with van der Waals surface area (Å²) in [5, 5.41) is 18.4. The van der Waals surface area contributed by atoms with Gasteiger partial charge in [0.25, 0.3) is 0 Å². The van der Waals surface area contributed by atoms with Crippen molar-refractivity contribution in [3.63, 3.8) is 0 Å². The minimum absolute atomic E-state index is 0.0775. The Morgan fingerprint density at radius 2 is 1.00 bits per heavy atom. The van der Waals surface area contributed by atoms with E-state index in [9.17, 15) is 10.2 Å². The van der Waals surface area contributed by atoms with Crippen molar-refractivity contribution in [3.05, 3.63) is 0 Å². The Balaban J connectivity index is 0.000000101. The van der Waals surface area contributed by atoms with Crippen LogP contribution in [0.2, 0.25) is 0 Å². The fourth-order valence-electron chi connectivity index (χ4n) is 4.42. The zero-order chi connectivity index (χ0) is 11.1. The van der Waals surface area contributed by atoms with Gasteiger partial charge in [0.15, 0.2) is 0 Å². The standard InChI is InChI=1S/2C7H12O/c2*8-7-4-5-1-2-6(7)3-5/h2*5-8H,1-4H2/t2*5-,6+,7-/m10/s1. The van der Waals surface area contributed by atoms with Crippen molar-refractivity contribution in [2.75, 3.05) is 0 Å². The van der Waals surface area contributed by atoms with Crippen LogP contribution >= 0.6 is 0 Å². The molecule has 6 atom stereocenters. The summed E-state index contributed by atoms with van der Waals surface area (Å²) in [5.41, 5.74) is 0. The summed E-state index contributed by atoms with van der Waals surface area (Å²) in [5.74, 6) is 3.19. The molecular weight excluding hydrogens is 200 g/mol. The van der Waals surface area contributed by atoms with Gasteiger partial charge in [-0.1, -0.05) is 0 Å². The van der Waals surface area contributed by atoms with Crippen LogP contribution in [-0.4, -0.2) is 22.4 Å². The molecule has 0 radical (unpaired) electrons. The van der Waals surface area contributed by atoms with Crippen molar-refractivity contribution in [2.45, 2.75) is 63.6 Å². The van der Waals surface area contributed by atoms with Crippen molar-refractivity contribution in [1.82, 2.24) is 0 Å². The van der Waals surface area contributed by atoms with E-state index in [0.717, 1.165) is 24.7 Å². The molecule has 0 unspecified atom stereocenters. The molecule has 0 aromatic heterocycles. The predicted molar refractivity (Wildman–Crippen MR) is 62.9 cm³/mol. The van der Waals surface area contributed by atoms with Gasteiger partial charge in [-0.15, -0.1) is 0 Å². The van der Waals surface area contributed by atoms with Gasteiger partial charge < -0.3 is 10.2 Å². The van der Waals surface area contributed by atoms with Gasteiger partial charge in [0.2, 0.25) is 0 Å². The number of hydrogen-bond acceptors (Lipinski definition) is 2. The molecule has 4 fully saturated rings. The second kappa shape index (κ2) is 4.30. The lowest BCUT2D eigenvalue weighted by Crippen LogP contribution is -2.14. The first kappa shape index (κ1) is 11.0. The molecule has 0 heterocycles. The lowest BCUT2D eigenvalue weighted by atomic mass is 9.98. The molecule has 0 aromatic rings. The van der Waals surface area contributed by atoms with Gasteiger partial charge >= 0.3 is 0 Å². The van der Waals surface area contributed by atoms with Gasteiger partial charge in [-0.25, -0.2) is 0 Å². The lowest BCUT2D eigenvalue weighted by molar-refractivity contribution is 0.113. The van der Waals surface area contributed by atoms with Crippen LogP contribution < -0.4 is 0 Å². The second-order valence-corrected chi connectivity index (χ2v) is 6.48. The molecule has 4 aliphatic carbocycles. The number of aliphatic hydroxyl groups excluding tert-OH is 2. The van der Waals surface area contributed by atoms with E-state index >= 15 is 0 Å². The Bertz CT molecular complexity index is 223. The fourth-order valence-corrected chi connectivity index (χ4v) is 4.42. The van der Waals surface area contributed by atoms with E-state index in [1.165, 1.54) is 38.5 Å². The molecule has 4 aliphatic rings. The Morgan fingerprint density at radius 3 is 1.12 bits per heavy atom. The largest absolute Gasteiger partial charge is 0.393 e. The van der Waals surface area contributed by atoms with Gasteiger partial charge in [0.1, 0.15) is 0 Å². The minimum atomic E-state index is 0.0775. The molecule has 0 aromatic carbocycles. The van der Waals surface area contributed by atoms with E-state index in [1.807, 2.05) is 0 Å². The highest BCUT2D eigenvalue weighted by Gasteiger charge is 2.38. The molecule has 2 nitrogen and oxygen atoms in total. The van der Waals surface area contributed by atoms with Crippen LogP contribution in [0.3, 0.4) is 0 Å². The smallest absolute Gasteiger partial charge is 0.0571 e. The van der Waals surface area contributed by atoms with E-state index in [4.69, 9.17) is 0 Å². The third kappa shape index (κ3) is 2.02. The maximum absolute atomic E-state index is 9.22. The quantitative estimate of drug-likeness (QED) is 0.663. The summed E-state index contributed by atoms with van der Waals surface area (Å²) < 4.78 is 0. The Morgan fingerprint density at radius 1 is 0.562 bits per heavy atom. The molecule has 4 bridgehead atoms. The van der Waals surface area contributed by atoms with Crippen molar-refractivity contribution in [1.29, 1.82) is 0 Å².